The first-order chi connectivity index (χ1) is 8.84. The summed E-state index contributed by atoms with van der Waals surface area (Å²) in [7, 11) is 0. The fraction of sp³-hybridized carbons (Fsp3) is 0. The summed E-state index contributed by atoms with van der Waals surface area (Å²) in [6, 6.07) is 15.1. The molecule has 0 aliphatic rings. The van der Waals surface area contributed by atoms with Crippen LogP contribution in [-0.2, 0) is 0 Å². The number of fused-ring (bicyclic) bond motifs is 1. The second-order valence-corrected chi connectivity index (χ2v) is 4.88. The van der Waals surface area contributed by atoms with Gasteiger partial charge in [-0.1, -0.05) is 42.1 Å². The fourth-order valence-electron chi connectivity index (χ4n) is 1.73. The quantitative estimate of drug-likeness (QED) is 0.760. The Morgan fingerprint density at radius 3 is 2.56 bits per heavy atom. The summed E-state index contributed by atoms with van der Waals surface area (Å²) in [6.07, 6.45) is 1.72. The van der Waals surface area contributed by atoms with Crippen molar-refractivity contribution >= 4 is 22.7 Å². The summed E-state index contributed by atoms with van der Waals surface area (Å²) < 4.78 is 0. The van der Waals surface area contributed by atoms with Crippen LogP contribution in [0.4, 0.5) is 0 Å². The minimum atomic E-state index is 0.281. The molecule has 0 saturated carbocycles. The molecule has 0 spiro atoms. The van der Waals surface area contributed by atoms with E-state index < -0.39 is 0 Å². The maximum atomic E-state index is 9.79. The molecule has 0 unspecified atom stereocenters. The van der Waals surface area contributed by atoms with Crippen molar-refractivity contribution in [1.82, 2.24) is 10.2 Å². The molecule has 0 fully saturated rings. The number of phenolic OH excluding ortho intramolecular Hbond substituents is 1. The summed E-state index contributed by atoms with van der Waals surface area (Å²) >= 11 is 1.49. The first kappa shape index (κ1) is 11.0. The third kappa shape index (κ3) is 2.02. The fourth-order valence-corrected chi connectivity index (χ4v) is 2.66. The van der Waals surface area contributed by atoms with Gasteiger partial charge in [-0.3, -0.25) is 0 Å². The second kappa shape index (κ2) is 4.66. The van der Waals surface area contributed by atoms with Gasteiger partial charge in [-0.05, 0) is 18.2 Å². The molecule has 18 heavy (non-hydrogen) atoms. The van der Waals surface area contributed by atoms with Crippen LogP contribution in [0.5, 0.6) is 5.75 Å². The van der Waals surface area contributed by atoms with E-state index in [0.717, 1.165) is 20.7 Å². The number of rotatable bonds is 2. The highest BCUT2D eigenvalue weighted by molar-refractivity contribution is 7.99. The van der Waals surface area contributed by atoms with E-state index in [-0.39, 0.29) is 5.75 Å². The molecule has 0 amide bonds. The average molecular weight is 254 g/mol. The SMILES string of the molecule is Oc1ccccc1Sc1cnnc2ccccc12. The molecular weight excluding hydrogens is 244 g/mol. The van der Waals surface area contributed by atoms with E-state index >= 15 is 0 Å². The van der Waals surface area contributed by atoms with Gasteiger partial charge in [0.25, 0.3) is 0 Å². The van der Waals surface area contributed by atoms with Gasteiger partial charge in [0.15, 0.2) is 0 Å². The molecule has 3 rings (SSSR count). The molecule has 3 aromatic rings. The molecule has 0 atom stereocenters. The number of aromatic nitrogens is 2. The number of para-hydroxylation sites is 1. The standard InChI is InChI=1S/C14H10N2OS/c17-12-7-3-4-8-13(12)18-14-9-15-16-11-6-2-1-5-10(11)14/h1-9,17H. The van der Waals surface area contributed by atoms with Crippen LogP contribution < -0.4 is 0 Å². The molecule has 88 valence electrons. The van der Waals surface area contributed by atoms with Gasteiger partial charge in [-0.2, -0.15) is 10.2 Å². The first-order valence-electron chi connectivity index (χ1n) is 5.51. The second-order valence-electron chi connectivity index (χ2n) is 3.80. The number of phenols is 1. The van der Waals surface area contributed by atoms with Crippen LogP contribution in [0.25, 0.3) is 10.9 Å². The van der Waals surface area contributed by atoms with Gasteiger partial charge in [0.2, 0.25) is 0 Å². The third-order valence-corrected chi connectivity index (χ3v) is 3.71. The van der Waals surface area contributed by atoms with E-state index in [9.17, 15) is 5.11 Å². The maximum Gasteiger partial charge on any atom is 0.129 e. The zero-order chi connectivity index (χ0) is 12.4. The highest BCUT2D eigenvalue weighted by Gasteiger charge is 2.06. The van der Waals surface area contributed by atoms with Gasteiger partial charge < -0.3 is 5.11 Å². The van der Waals surface area contributed by atoms with Crippen LogP contribution in [0, 0.1) is 0 Å². The number of hydrogen-bond acceptors (Lipinski definition) is 4. The highest BCUT2D eigenvalue weighted by atomic mass is 32.2. The number of benzene rings is 2. The van der Waals surface area contributed by atoms with Crippen molar-refractivity contribution in [3.8, 4) is 5.75 Å². The van der Waals surface area contributed by atoms with Crippen LogP contribution >= 0.6 is 11.8 Å². The Kier molecular flexibility index (Phi) is 2.86. The van der Waals surface area contributed by atoms with Gasteiger partial charge in [-0.15, -0.1) is 0 Å². The van der Waals surface area contributed by atoms with E-state index in [1.807, 2.05) is 42.5 Å². The molecule has 1 heterocycles. The van der Waals surface area contributed by atoms with E-state index in [4.69, 9.17) is 0 Å². The Balaban J connectivity index is 2.08. The van der Waals surface area contributed by atoms with Crippen LogP contribution in [0.3, 0.4) is 0 Å². The number of nitrogens with zero attached hydrogens (tertiary/aromatic N) is 2. The molecule has 0 radical (unpaired) electrons. The van der Waals surface area contributed by atoms with Crippen molar-refractivity contribution in [3.63, 3.8) is 0 Å². The van der Waals surface area contributed by atoms with Crippen molar-refractivity contribution in [3.05, 3.63) is 54.7 Å². The minimum absolute atomic E-state index is 0.281. The summed E-state index contributed by atoms with van der Waals surface area (Å²) in [5.74, 6) is 0.281. The van der Waals surface area contributed by atoms with Crippen LogP contribution in [-0.4, -0.2) is 15.3 Å². The highest BCUT2D eigenvalue weighted by Crippen LogP contribution is 2.36. The maximum absolute atomic E-state index is 9.79. The van der Waals surface area contributed by atoms with E-state index in [0.29, 0.717) is 0 Å². The lowest BCUT2D eigenvalue weighted by Crippen LogP contribution is -1.85. The van der Waals surface area contributed by atoms with Crippen LogP contribution in [0.15, 0.2) is 64.5 Å². The Morgan fingerprint density at radius 1 is 0.889 bits per heavy atom. The smallest absolute Gasteiger partial charge is 0.129 e. The van der Waals surface area contributed by atoms with Crippen molar-refractivity contribution in [2.75, 3.05) is 0 Å². The van der Waals surface area contributed by atoms with Crippen molar-refractivity contribution < 1.29 is 5.11 Å². The Morgan fingerprint density at radius 2 is 1.67 bits per heavy atom. The zero-order valence-corrected chi connectivity index (χ0v) is 10.3. The lowest BCUT2D eigenvalue weighted by molar-refractivity contribution is 0.462. The molecule has 0 bridgehead atoms. The van der Waals surface area contributed by atoms with Crippen molar-refractivity contribution in [1.29, 1.82) is 0 Å². The van der Waals surface area contributed by atoms with Gasteiger partial charge in [0.1, 0.15) is 5.75 Å². The number of aromatic hydroxyl groups is 1. The van der Waals surface area contributed by atoms with Gasteiger partial charge in [0, 0.05) is 10.3 Å². The molecule has 3 nitrogen and oxygen atoms in total. The van der Waals surface area contributed by atoms with Gasteiger partial charge >= 0.3 is 0 Å². The van der Waals surface area contributed by atoms with Gasteiger partial charge in [-0.25, -0.2) is 0 Å². The monoisotopic (exact) mass is 254 g/mol. The lowest BCUT2D eigenvalue weighted by Gasteiger charge is -2.06. The Labute approximate surface area is 108 Å². The van der Waals surface area contributed by atoms with Crippen LogP contribution in [0.1, 0.15) is 0 Å². The topological polar surface area (TPSA) is 46.0 Å². The summed E-state index contributed by atoms with van der Waals surface area (Å²) in [5, 5.41) is 18.9. The molecule has 2 aromatic carbocycles. The van der Waals surface area contributed by atoms with E-state index in [2.05, 4.69) is 10.2 Å². The normalized spacial score (nSPS) is 10.7. The average Bonchev–Trinajstić information content (AvgIpc) is 2.42. The van der Waals surface area contributed by atoms with Crippen molar-refractivity contribution in [2.24, 2.45) is 0 Å². The molecular formula is C14H10N2OS. The first-order valence-corrected chi connectivity index (χ1v) is 6.32. The summed E-state index contributed by atoms with van der Waals surface area (Å²) in [6.45, 7) is 0. The van der Waals surface area contributed by atoms with Gasteiger partial charge in [0.05, 0.1) is 16.6 Å². The Hall–Kier alpha value is -2.07. The summed E-state index contributed by atoms with van der Waals surface area (Å²) in [4.78, 5) is 1.80. The largest absolute Gasteiger partial charge is 0.507 e. The minimum Gasteiger partial charge on any atom is -0.507 e. The number of hydrogen-bond donors (Lipinski definition) is 1. The van der Waals surface area contributed by atoms with E-state index in [1.54, 1.807) is 12.3 Å². The molecule has 0 aliphatic heterocycles. The molecule has 4 heteroatoms. The van der Waals surface area contributed by atoms with Crippen molar-refractivity contribution in [2.45, 2.75) is 9.79 Å². The predicted molar refractivity (Wildman–Crippen MR) is 71.8 cm³/mol. The molecule has 0 aliphatic carbocycles. The zero-order valence-electron chi connectivity index (χ0n) is 9.45. The van der Waals surface area contributed by atoms with Crippen LogP contribution in [0.2, 0.25) is 0 Å². The predicted octanol–water partition coefficient (Wildman–Crippen LogP) is 3.49. The third-order valence-electron chi connectivity index (χ3n) is 2.60. The lowest BCUT2D eigenvalue weighted by atomic mass is 10.2. The summed E-state index contributed by atoms with van der Waals surface area (Å²) in [5.41, 5.74) is 0.859. The van der Waals surface area contributed by atoms with E-state index in [1.165, 1.54) is 11.8 Å². The molecule has 1 N–H and O–H groups in total. The Bertz CT molecular complexity index is 695. The molecule has 1 aromatic heterocycles. The molecule has 0 saturated heterocycles.